The molecule has 2 rings (SSSR count). The molecule has 0 unspecified atom stereocenters. The Balaban J connectivity index is 2.82. The highest BCUT2D eigenvalue weighted by Gasteiger charge is 2.33. The van der Waals surface area contributed by atoms with Crippen LogP contribution < -0.4 is 0 Å². The number of alkyl halides is 3. The maximum Gasteiger partial charge on any atom is 0.433 e. The molecule has 0 N–H and O–H groups in total. The fourth-order valence-electron chi connectivity index (χ4n) is 1.75. The van der Waals surface area contributed by atoms with E-state index in [9.17, 15) is 13.2 Å². The smallest absolute Gasteiger partial charge is 0.232 e. The average molecular weight is 420 g/mol. The van der Waals surface area contributed by atoms with E-state index in [0.29, 0.717) is 6.07 Å². The van der Waals surface area contributed by atoms with Gasteiger partial charge in [-0.05, 0) is 12.1 Å². The molecule has 2 aromatic rings. The average Bonchev–Trinajstić information content (AvgIpc) is 2.50. The van der Waals surface area contributed by atoms with Crippen molar-refractivity contribution in [2.75, 3.05) is 0 Å². The minimum Gasteiger partial charge on any atom is -0.232 e. The monoisotopic (exact) mass is 418 g/mol. The van der Waals surface area contributed by atoms with Gasteiger partial charge in [0.05, 0.1) is 25.1 Å². The first-order chi connectivity index (χ1) is 10.6. The zero-order valence-electron chi connectivity index (χ0n) is 10.6. The van der Waals surface area contributed by atoms with Gasteiger partial charge in [-0.25, -0.2) is 4.98 Å². The third-order valence-corrected chi connectivity index (χ3v) is 5.05. The van der Waals surface area contributed by atoms with Crippen molar-refractivity contribution in [3.63, 3.8) is 0 Å². The molecule has 0 amide bonds. The quantitative estimate of drug-likeness (QED) is 0.371. The van der Waals surface area contributed by atoms with Crippen LogP contribution in [0.3, 0.4) is 0 Å². The van der Waals surface area contributed by atoms with Crippen molar-refractivity contribution in [3.8, 4) is 17.2 Å². The Morgan fingerprint density at radius 2 is 1.35 bits per heavy atom. The van der Waals surface area contributed by atoms with Gasteiger partial charge in [-0.2, -0.15) is 18.4 Å². The van der Waals surface area contributed by atoms with E-state index >= 15 is 0 Å². The third kappa shape index (κ3) is 3.33. The van der Waals surface area contributed by atoms with Crippen LogP contribution in [0.5, 0.6) is 0 Å². The summed E-state index contributed by atoms with van der Waals surface area (Å²) in [4.78, 5) is 3.28. The van der Waals surface area contributed by atoms with Gasteiger partial charge in [0, 0.05) is 11.1 Å². The van der Waals surface area contributed by atoms with Crippen LogP contribution in [0.25, 0.3) is 11.1 Å². The van der Waals surface area contributed by atoms with Gasteiger partial charge in [-0.1, -0.05) is 58.0 Å². The zero-order chi connectivity index (χ0) is 17.5. The summed E-state index contributed by atoms with van der Waals surface area (Å²) in [6.45, 7) is 0. The molecular formula is C13H2Cl5F3N2. The first-order valence-corrected chi connectivity index (χ1v) is 7.48. The first kappa shape index (κ1) is 18.4. The lowest BCUT2D eigenvalue weighted by atomic mass is 10.0. The van der Waals surface area contributed by atoms with Gasteiger partial charge in [-0.15, -0.1) is 0 Å². The summed E-state index contributed by atoms with van der Waals surface area (Å²) in [6, 6.07) is 3.28. The highest BCUT2D eigenvalue weighted by molar-refractivity contribution is 6.56. The molecule has 10 heteroatoms. The first-order valence-electron chi connectivity index (χ1n) is 5.59. The molecule has 1 aromatic heterocycles. The fraction of sp³-hybridized carbons (Fsp3) is 0.0769. The lowest BCUT2D eigenvalue weighted by molar-refractivity contribution is -0.141. The van der Waals surface area contributed by atoms with E-state index < -0.39 is 17.6 Å². The summed E-state index contributed by atoms with van der Waals surface area (Å²) in [5, 5.41) is 8.41. The van der Waals surface area contributed by atoms with Crippen LogP contribution in [0.4, 0.5) is 13.2 Å². The van der Waals surface area contributed by atoms with Crippen LogP contribution in [-0.4, -0.2) is 4.98 Å². The minimum atomic E-state index is -4.70. The molecule has 2 nitrogen and oxygen atoms in total. The number of rotatable bonds is 1. The molecular weight excluding hydrogens is 418 g/mol. The summed E-state index contributed by atoms with van der Waals surface area (Å²) < 4.78 is 38.1. The lowest BCUT2D eigenvalue weighted by Gasteiger charge is -2.14. The molecule has 120 valence electrons. The van der Waals surface area contributed by atoms with Gasteiger partial charge < -0.3 is 0 Å². The largest absolute Gasteiger partial charge is 0.433 e. The SMILES string of the molecule is N#Cc1nc(C(F)(F)F)ccc1-c1c(Cl)c(Cl)c(Cl)c(Cl)c1Cl. The second-order valence-corrected chi connectivity index (χ2v) is 6.04. The second kappa shape index (κ2) is 6.54. The summed E-state index contributed by atoms with van der Waals surface area (Å²) in [5.74, 6) is 0. The predicted molar refractivity (Wildman–Crippen MR) is 84.4 cm³/mol. The number of pyridine rings is 1. The third-order valence-electron chi connectivity index (χ3n) is 2.77. The number of nitriles is 1. The summed E-state index contributed by atoms with van der Waals surface area (Å²) in [5.41, 5.74) is -1.82. The topological polar surface area (TPSA) is 36.7 Å². The van der Waals surface area contributed by atoms with Crippen LogP contribution >= 0.6 is 58.0 Å². The molecule has 0 aliphatic carbocycles. The molecule has 0 aliphatic heterocycles. The van der Waals surface area contributed by atoms with Crippen molar-refractivity contribution in [1.82, 2.24) is 4.98 Å². The van der Waals surface area contributed by atoms with Gasteiger partial charge in [0.25, 0.3) is 0 Å². The number of hydrogen-bond acceptors (Lipinski definition) is 2. The van der Waals surface area contributed by atoms with Crippen molar-refractivity contribution in [2.24, 2.45) is 0 Å². The van der Waals surface area contributed by atoms with Crippen LogP contribution in [-0.2, 0) is 6.18 Å². The summed E-state index contributed by atoms with van der Waals surface area (Å²) >= 11 is 29.8. The van der Waals surface area contributed by atoms with Gasteiger partial charge in [-0.3, -0.25) is 0 Å². The van der Waals surface area contributed by atoms with Crippen molar-refractivity contribution < 1.29 is 13.2 Å². The van der Waals surface area contributed by atoms with E-state index in [1.165, 1.54) is 0 Å². The van der Waals surface area contributed by atoms with Crippen molar-refractivity contribution in [1.29, 1.82) is 5.26 Å². The van der Waals surface area contributed by atoms with Crippen LogP contribution in [0.15, 0.2) is 12.1 Å². The van der Waals surface area contributed by atoms with Crippen LogP contribution in [0.2, 0.25) is 25.1 Å². The zero-order valence-corrected chi connectivity index (χ0v) is 14.4. The normalized spacial score (nSPS) is 11.4. The molecule has 0 fully saturated rings. The Hall–Kier alpha value is -0.900. The molecule has 1 aromatic carbocycles. The Morgan fingerprint density at radius 1 is 0.870 bits per heavy atom. The Kier molecular flexibility index (Phi) is 5.24. The lowest BCUT2D eigenvalue weighted by Crippen LogP contribution is -2.09. The fourth-order valence-corrected chi connectivity index (χ4v) is 3.09. The van der Waals surface area contributed by atoms with Gasteiger partial charge in [0.2, 0.25) is 0 Å². The maximum absolute atomic E-state index is 12.7. The molecule has 23 heavy (non-hydrogen) atoms. The second-order valence-electron chi connectivity index (χ2n) is 4.15. The molecule has 0 aliphatic rings. The molecule has 0 saturated heterocycles. The number of nitrogens with zero attached hydrogens (tertiary/aromatic N) is 2. The number of aromatic nitrogens is 1. The van der Waals surface area contributed by atoms with Gasteiger partial charge in [0.15, 0.2) is 0 Å². The molecule has 0 radical (unpaired) electrons. The van der Waals surface area contributed by atoms with Crippen LogP contribution in [0.1, 0.15) is 11.4 Å². The molecule has 0 bridgehead atoms. The van der Waals surface area contributed by atoms with E-state index in [-0.39, 0.29) is 36.2 Å². The number of benzene rings is 1. The van der Waals surface area contributed by atoms with Crippen molar-refractivity contribution in [2.45, 2.75) is 6.18 Å². The minimum absolute atomic E-state index is 0.0227. The standard InChI is InChI=1S/C13H2Cl5F3N2/c14-8-7(9(15)11(17)12(18)10(8)16)4-1-2-6(13(19,20)21)23-5(4)3-22/h1-2H. The maximum atomic E-state index is 12.7. The molecule has 0 atom stereocenters. The van der Waals surface area contributed by atoms with Crippen LogP contribution in [0, 0.1) is 11.3 Å². The Labute approximate surface area is 153 Å². The van der Waals surface area contributed by atoms with E-state index in [4.69, 9.17) is 63.3 Å². The van der Waals surface area contributed by atoms with E-state index in [1.54, 1.807) is 6.07 Å². The predicted octanol–water partition coefficient (Wildman–Crippen LogP) is 6.91. The van der Waals surface area contributed by atoms with E-state index in [0.717, 1.165) is 6.07 Å². The number of halogens is 8. The van der Waals surface area contributed by atoms with Crippen molar-refractivity contribution in [3.05, 3.63) is 48.6 Å². The number of hydrogen-bond donors (Lipinski definition) is 0. The Bertz CT molecular complexity index is 814. The highest BCUT2D eigenvalue weighted by atomic mass is 35.5. The Morgan fingerprint density at radius 3 is 1.78 bits per heavy atom. The van der Waals surface area contributed by atoms with Gasteiger partial charge in [0.1, 0.15) is 17.5 Å². The molecule has 0 spiro atoms. The van der Waals surface area contributed by atoms with E-state index in [1.807, 2.05) is 0 Å². The summed E-state index contributed by atoms with van der Waals surface area (Å²) in [6.07, 6.45) is -4.70. The van der Waals surface area contributed by atoms with Gasteiger partial charge >= 0.3 is 6.18 Å². The molecule has 1 heterocycles. The van der Waals surface area contributed by atoms with E-state index in [2.05, 4.69) is 4.98 Å². The highest BCUT2D eigenvalue weighted by Crippen LogP contribution is 2.48. The molecule has 0 saturated carbocycles. The summed E-state index contributed by atoms with van der Waals surface area (Å²) in [7, 11) is 0. The van der Waals surface area contributed by atoms with Crippen molar-refractivity contribution >= 4 is 58.0 Å².